The molecule has 2 radical (unpaired) electrons. The molecule has 0 amide bonds. The standard InChI is InChI=1S/C6H12B2O3/c1-4-2-5(9)6(11-4)3-7-8-10/h4-6,9-10H,2-3H2,1H3/t4-,5+,6+/m0/s1. The number of aliphatic hydroxyl groups is 1. The lowest BCUT2D eigenvalue weighted by molar-refractivity contribution is 0.0289. The highest BCUT2D eigenvalue weighted by atomic mass is 16.5. The molecule has 0 aromatic carbocycles. The molecule has 0 spiro atoms. The Labute approximate surface area is 68.3 Å². The molecule has 1 aliphatic heterocycles. The van der Waals surface area contributed by atoms with Crippen molar-refractivity contribution in [1.29, 1.82) is 0 Å². The van der Waals surface area contributed by atoms with Gasteiger partial charge in [-0.3, -0.25) is 0 Å². The van der Waals surface area contributed by atoms with Gasteiger partial charge in [0.15, 0.2) is 0 Å². The Balaban J connectivity index is 2.23. The van der Waals surface area contributed by atoms with Gasteiger partial charge in [0.1, 0.15) is 7.17 Å². The van der Waals surface area contributed by atoms with E-state index >= 15 is 0 Å². The summed E-state index contributed by atoms with van der Waals surface area (Å²) in [5.74, 6) is 0. The number of hydrogen-bond donors (Lipinski definition) is 2. The third-order valence-corrected chi connectivity index (χ3v) is 1.88. The van der Waals surface area contributed by atoms with Crippen LogP contribution in [0.3, 0.4) is 0 Å². The van der Waals surface area contributed by atoms with Crippen LogP contribution in [-0.2, 0) is 4.74 Å². The summed E-state index contributed by atoms with van der Waals surface area (Å²) in [5.41, 5.74) is 0. The van der Waals surface area contributed by atoms with Gasteiger partial charge in [0.05, 0.1) is 18.3 Å². The van der Waals surface area contributed by atoms with Gasteiger partial charge in [0, 0.05) is 6.42 Å². The van der Waals surface area contributed by atoms with Crippen LogP contribution in [0, 0.1) is 0 Å². The first-order valence-electron chi connectivity index (χ1n) is 3.86. The molecule has 0 unspecified atom stereocenters. The van der Waals surface area contributed by atoms with Crippen LogP contribution in [-0.4, -0.2) is 43.0 Å². The normalized spacial score (nSPS) is 37.2. The van der Waals surface area contributed by atoms with E-state index in [1.54, 1.807) is 7.17 Å². The third kappa shape index (κ3) is 2.51. The second-order valence-electron chi connectivity index (χ2n) is 2.91. The molecule has 0 aromatic heterocycles. The van der Waals surface area contributed by atoms with Crippen molar-refractivity contribution < 1.29 is 14.9 Å². The van der Waals surface area contributed by atoms with Gasteiger partial charge in [-0.05, 0) is 6.92 Å². The smallest absolute Gasteiger partial charge is 0.236 e. The molecule has 2 N–H and O–H groups in total. The first-order chi connectivity index (χ1) is 5.24. The van der Waals surface area contributed by atoms with Crippen molar-refractivity contribution in [2.45, 2.75) is 38.0 Å². The second-order valence-corrected chi connectivity index (χ2v) is 2.91. The van der Waals surface area contributed by atoms with Gasteiger partial charge in [0.25, 0.3) is 0 Å². The van der Waals surface area contributed by atoms with E-state index in [4.69, 9.17) is 9.76 Å². The molecular formula is C6H12B2O3. The van der Waals surface area contributed by atoms with Gasteiger partial charge in [-0.1, -0.05) is 6.32 Å². The first-order valence-corrected chi connectivity index (χ1v) is 3.86. The Morgan fingerprint density at radius 3 is 2.82 bits per heavy atom. The minimum absolute atomic E-state index is 0.131. The maximum atomic E-state index is 9.35. The van der Waals surface area contributed by atoms with E-state index in [2.05, 4.69) is 0 Å². The number of ether oxygens (including phenoxy) is 1. The van der Waals surface area contributed by atoms with Gasteiger partial charge >= 0.3 is 0 Å². The Kier molecular flexibility index (Phi) is 3.43. The molecule has 0 aromatic rings. The summed E-state index contributed by atoms with van der Waals surface area (Å²) in [6, 6.07) is 0. The topological polar surface area (TPSA) is 49.7 Å². The number of aliphatic hydroxyl groups excluding tert-OH is 1. The molecular weight excluding hydrogens is 142 g/mol. The molecule has 0 aliphatic carbocycles. The summed E-state index contributed by atoms with van der Waals surface area (Å²) in [7, 11) is 2.57. The molecule has 0 saturated carbocycles. The van der Waals surface area contributed by atoms with Gasteiger partial charge in [-0.25, -0.2) is 0 Å². The molecule has 5 heteroatoms. The minimum atomic E-state index is -0.374. The second kappa shape index (κ2) is 4.14. The third-order valence-electron chi connectivity index (χ3n) is 1.88. The Bertz CT molecular complexity index is 122. The lowest BCUT2D eigenvalue weighted by Crippen LogP contribution is -2.23. The van der Waals surface area contributed by atoms with Crippen molar-refractivity contribution in [3.63, 3.8) is 0 Å². The molecule has 1 heterocycles. The van der Waals surface area contributed by atoms with Crippen LogP contribution >= 0.6 is 0 Å². The minimum Gasteiger partial charge on any atom is -0.465 e. The summed E-state index contributed by atoms with van der Waals surface area (Å²) >= 11 is 0. The SMILES string of the molecule is C[C@H]1C[C@@H](O)[C@@H](C[B][B]O)O1. The van der Waals surface area contributed by atoms with Crippen molar-refractivity contribution >= 4 is 14.5 Å². The van der Waals surface area contributed by atoms with Crippen molar-refractivity contribution in [2.24, 2.45) is 0 Å². The van der Waals surface area contributed by atoms with Crippen LogP contribution in [0.4, 0.5) is 0 Å². The predicted molar refractivity (Wildman–Crippen MR) is 43.5 cm³/mol. The highest BCUT2D eigenvalue weighted by Crippen LogP contribution is 2.21. The fraction of sp³-hybridized carbons (Fsp3) is 1.00. The molecule has 1 fully saturated rings. The van der Waals surface area contributed by atoms with Gasteiger partial charge < -0.3 is 14.9 Å². The number of hydrogen-bond acceptors (Lipinski definition) is 3. The molecule has 11 heavy (non-hydrogen) atoms. The van der Waals surface area contributed by atoms with E-state index < -0.39 is 0 Å². The molecule has 3 atom stereocenters. The van der Waals surface area contributed by atoms with Gasteiger partial charge in [-0.2, -0.15) is 0 Å². The monoisotopic (exact) mass is 154 g/mol. The molecule has 1 saturated heterocycles. The van der Waals surface area contributed by atoms with Crippen LogP contribution in [0.1, 0.15) is 13.3 Å². The first kappa shape index (κ1) is 9.10. The van der Waals surface area contributed by atoms with Crippen LogP contribution < -0.4 is 0 Å². The summed E-state index contributed by atoms with van der Waals surface area (Å²) in [4.78, 5) is 0. The van der Waals surface area contributed by atoms with Crippen LogP contribution in [0.15, 0.2) is 0 Å². The highest BCUT2D eigenvalue weighted by molar-refractivity contribution is 6.96. The van der Waals surface area contributed by atoms with Crippen molar-refractivity contribution in [3.8, 4) is 0 Å². The molecule has 1 rings (SSSR count). The summed E-state index contributed by atoms with van der Waals surface area (Å²) in [6.45, 7) is 1.94. The van der Waals surface area contributed by atoms with Crippen molar-refractivity contribution in [1.82, 2.24) is 0 Å². The quantitative estimate of drug-likeness (QED) is 0.521. The van der Waals surface area contributed by atoms with E-state index in [-0.39, 0.29) is 18.3 Å². The maximum Gasteiger partial charge on any atom is 0.236 e. The average Bonchev–Trinajstić information content (AvgIpc) is 2.26. The van der Waals surface area contributed by atoms with Gasteiger partial charge in [-0.15, -0.1) is 0 Å². The Morgan fingerprint density at radius 2 is 2.36 bits per heavy atom. The van der Waals surface area contributed by atoms with Crippen LogP contribution in [0.5, 0.6) is 0 Å². The molecule has 1 aliphatic rings. The Morgan fingerprint density at radius 1 is 1.64 bits per heavy atom. The zero-order valence-corrected chi connectivity index (χ0v) is 6.60. The summed E-state index contributed by atoms with van der Waals surface area (Å²) < 4.78 is 5.36. The lowest BCUT2D eigenvalue weighted by Gasteiger charge is -2.11. The lowest BCUT2D eigenvalue weighted by atomic mass is 9.47. The predicted octanol–water partition coefficient (Wildman–Crippen LogP) is -0.826. The fourth-order valence-corrected chi connectivity index (χ4v) is 1.34. The van der Waals surface area contributed by atoms with Crippen molar-refractivity contribution in [2.75, 3.05) is 0 Å². The maximum absolute atomic E-state index is 9.35. The zero-order chi connectivity index (χ0) is 8.27. The zero-order valence-electron chi connectivity index (χ0n) is 6.60. The molecule has 0 bridgehead atoms. The van der Waals surface area contributed by atoms with E-state index in [0.29, 0.717) is 12.7 Å². The fourth-order valence-electron chi connectivity index (χ4n) is 1.34. The average molecular weight is 154 g/mol. The van der Waals surface area contributed by atoms with E-state index in [1.807, 2.05) is 6.92 Å². The number of rotatable bonds is 3. The summed E-state index contributed by atoms with van der Waals surface area (Å²) in [5, 5.41) is 17.7. The molecule has 3 nitrogen and oxygen atoms in total. The van der Waals surface area contributed by atoms with Crippen LogP contribution in [0.25, 0.3) is 0 Å². The highest BCUT2D eigenvalue weighted by Gasteiger charge is 2.30. The molecule has 60 valence electrons. The Hall–Kier alpha value is 0.00987. The van der Waals surface area contributed by atoms with Gasteiger partial charge in [0.2, 0.25) is 7.37 Å². The van der Waals surface area contributed by atoms with E-state index in [9.17, 15) is 5.11 Å². The van der Waals surface area contributed by atoms with Crippen molar-refractivity contribution in [3.05, 3.63) is 0 Å². The van der Waals surface area contributed by atoms with E-state index in [0.717, 1.165) is 7.37 Å². The van der Waals surface area contributed by atoms with Crippen LogP contribution in [0.2, 0.25) is 6.32 Å². The summed E-state index contributed by atoms with van der Waals surface area (Å²) in [6.07, 6.45) is 0.919. The largest absolute Gasteiger partial charge is 0.465 e. The van der Waals surface area contributed by atoms with E-state index in [1.165, 1.54) is 0 Å².